The molecule has 2 amide bonds. The van der Waals surface area contributed by atoms with Crippen molar-refractivity contribution in [2.45, 2.75) is 13.3 Å². The highest BCUT2D eigenvalue weighted by Crippen LogP contribution is 2.28. The lowest BCUT2D eigenvalue weighted by molar-refractivity contribution is 0.0951. The number of hydrogen-bond acceptors (Lipinski definition) is 4. The first-order valence-electron chi connectivity index (χ1n) is 10.3. The summed E-state index contributed by atoms with van der Waals surface area (Å²) in [5.41, 5.74) is 1.96. The van der Waals surface area contributed by atoms with E-state index in [-0.39, 0.29) is 17.3 Å². The number of hydrogen-bond donors (Lipinski definition) is 2. The van der Waals surface area contributed by atoms with Crippen LogP contribution >= 0.6 is 11.3 Å². The Balaban J connectivity index is 1.32. The van der Waals surface area contributed by atoms with Crippen LogP contribution in [0, 0.1) is 24.5 Å². The summed E-state index contributed by atoms with van der Waals surface area (Å²) in [6.45, 7) is 4.01. The zero-order valence-electron chi connectivity index (χ0n) is 17.5. The van der Waals surface area contributed by atoms with Crippen LogP contribution in [-0.2, 0) is 0 Å². The molecule has 166 valence electrons. The van der Waals surface area contributed by atoms with Gasteiger partial charge in [-0.2, -0.15) is 0 Å². The molecule has 1 aliphatic rings. The van der Waals surface area contributed by atoms with E-state index in [0.717, 1.165) is 30.8 Å². The molecular formula is C24H23F2N3O2S. The maximum absolute atomic E-state index is 13.3. The van der Waals surface area contributed by atoms with Gasteiger partial charge in [-0.25, -0.2) is 8.78 Å². The van der Waals surface area contributed by atoms with Crippen LogP contribution in [0.15, 0.2) is 54.6 Å². The van der Waals surface area contributed by atoms with Crippen molar-refractivity contribution in [2.75, 3.05) is 29.9 Å². The predicted octanol–water partition coefficient (Wildman–Crippen LogP) is 4.84. The van der Waals surface area contributed by atoms with E-state index in [2.05, 4.69) is 15.5 Å². The van der Waals surface area contributed by atoms with Crippen molar-refractivity contribution in [1.82, 2.24) is 5.32 Å². The first-order valence-corrected chi connectivity index (χ1v) is 11.2. The van der Waals surface area contributed by atoms with Gasteiger partial charge in [-0.05, 0) is 73.4 Å². The maximum Gasteiger partial charge on any atom is 0.261 e. The molecule has 1 aromatic heterocycles. The van der Waals surface area contributed by atoms with Gasteiger partial charge in [0.15, 0.2) is 0 Å². The molecule has 32 heavy (non-hydrogen) atoms. The molecule has 0 bridgehead atoms. The summed E-state index contributed by atoms with van der Waals surface area (Å²) in [4.78, 5) is 27.8. The smallest absolute Gasteiger partial charge is 0.261 e. The third-order valence-corrected chi connectivity index (χ3v) is 6.63. The number of rotatable bonds is 6. The number of carbonyl (C=O) groups is 2. The quantitative estimate of drug-likeness (QED) is 0.559. The average Bonchev–Trinajstić information content (AvgIpc) is 3.39. The number of thiophene rings is 1. The fourth-order valence-corrected chi connectivity index (χ4v) is 4.77. The van der Waals surface area contributed by atoms with E-state index >= 15 is 0 Å². The molecule has 0 radical (unpaired) electrons. The van der Waals surface area contributed by atoms with Crippen LogP contribution < -0.4 is 15.5 Å². The van der Waals surface area contributed by atoms with Gasteiger partial charge in [-0.1, -0.05) is 6.07 Å². The Morgan fingerprint density at radius 3 is 2.59 bits per heavy atom. The predicted molar refractivity (Wildman–Crippen MR) is 122 cm³/mol. The first kappa shape index (κ1) is 22.0. The highest BCUT2D eigenvalue weighted by atomic mass is 32.1. The van der Waals surface area contributed by atoms with Gasteiger partial charge in [0.1, 0.15) is 11.6 Å². The fourth-order valence-electron chi connectivity index (χ4n) is 3.79. The van der Waals surface area contributed by atoms with Gasteiger partial charge >= 0.3 is 0 Å². The molecule has 0 spiro atoms. The lowest BCUT2D eigenvalue weighted by atomic mass is 10.1. The van der Waals surface area contributed by atoms with E-state index < -0.39 is 11.7 Å². The average molecular weight is 456 g/mol. The van der Waals surface area contributed by atoms with E-state index in [1.807, 2.05) is 6.92 Å². The number of nitrogens with one attached hydrogen (secondary N) is 2. The van der Waals surface area contributed by atoms with E-state index in [9.17, 15) is 18.4 Å². The van der Waals surface area contributed by atoms with E-state index in [1.165, 1.54) is 47.7 Å². The summed E-state index contributed by atoms with van der Waals surface area (Å²) in [5, 5.41) is 6.25. The van der Waals surface area contributed by atoms with E-state index in [4.69, 9.17) is 0 Å². The van der Waals surface area contributed by atoms with Gasteiger partial charge in [0.05, 0.1) is 9.88 Å². The standard InChI is InChI=1S/C24H23F2N3O2S/c1-15-11-21(28-23(30)17-3-2-4-19(26)12-17)32-22(15)24(31)27-13-16-9-10-29(14-16)20-7-5-18(25)6-8-20/h2-8,11-12,16H,9-10,13-14H2,1H3,(H,27,31)(H,28,30). The monoisotopic (exact) mass is 455 g/mol. The van der Waals surface area contributed by atoms with Crippen LogP contribution in [0.5, 0.6) is 0 Å². The largest absolute Gasteiger partial charge is 0.371 e. The Morgan fingerprint density at radius 1 is 1.06 bits per heavy atom. The van der Waals surface area contributed by atoms with E-state index in [0.29, 0.717) is 22.3 Å². The molecular weight excluding hydrogens is 432 g/mol. The molecule has 1 aliphatic heterocycles. The highest BCUT2D eigenvalue weighted by molar-refractivity contribution is 7.18. The minimum Gasteiger partial charge on any atom is -0.371 e. The summed E-state index contributed by atoms with van der Waals surface area (Å²) < 4.78 is 26.5. The van der Waals surface area contributed by atoms with Crippen LogP contribution in [0.4, 0.5) is 19.5 Å². The van der Waals surface area contributed by atoms with Crippen molar-refractivity contribution in [3.8, 4) is 0 Å². The fraction of sp³-hybridized carbons (Fsp3) is 0.250. The molecule has 4 rings (SSSR count). The molecule has 1 saturated heterocycles. The Hall–Kier alpha value is -3.26. The van der Waals surface area contributed by atoms with Crippen LogP contribution in [0.1, 0.15) is 32.0 Å². The van der Waals surface area contributed by atoms with Gasteiger partial charge in [0, 0.05) is 30.9 Å². The van der Waals surface area contributed by atoms with Gasteiger partial charge in [0.25, 0.3) is 11.8 Å². The third-order valence-electron chi connectivity index (χ3n) is 5.48. The molecule has 0 saturated carbocycles. The van der Waals surface area contributed by atoms with Gasteiger partial charge < -0.3 is 15.5 Å². The maximum atomic E-state index is 13.3. The number of anilines is 2. The summed E-state index contributed by atoms with van der Waals surface area (Å²) in [5.74, 6) is -1.04. The second-order valence-corrected chi connectivity index (χ2v) is 8.93. The van der Waals surface area contributed by atoms with Crippen molar-refractivity contribution in [2.24, 2.45) is 5.92 Å². The minimum atomic E-state index is -0.481. The number of nitrogens with zero attached hydrogens (tertiary/aromatic N) is 1. The number of halogens is 2. The number of aryl methyl sites for hydroxylation is 1. The molecule has 5 nitrogen and oxygen atoms in total. The molecule has 2 aromatic carbocycles. The normalized spacial score (nSPS) is 15.6. The van der Waals surface area contributed by atoms with Crippen molar-refractivity contribution < 1.29 is 18.4 Å². The van der Waals surface area contributed by atoms with Gasteiger partial charge in [-0.15, -0.1) is 11.3 Å². The Labute approximate surface area is 189 Å². The SMILES string of the molecule is Cc1cc(NC(=O)c2cccc(F)c2)sc1C(=O)NCC1CCN(c2ccc(F)cc2)C1. The molecule has 3 aromatic rings. The highest BCUT2D eigenvalue weighted by Gasteiger charge is 2.24. The van der Waals surface area contributed by atoms with Crippen molar-refractivity contribution in [3.63, 3.8) is 0 Å². The molecule has 2 heterocycles. The Kier molecular flexibility index (Phi) is 6.50. The summed E-state index contributed by atoms with van der Waals surface area (Å²) in [7, 11) is 0. The summed E-state index contributed by atoms with van der Waals surface area (Å²) >= 11 is 1.19. The number of benzene rings is 2. The van der Waals surface area contributed by atoms with Crippen LogP contribution in [-0.4, -0.2) is 31.4 Å². The number of amides is 2. The zero-order valence-corrected chi connectivity index (χ0v) is 18.3. The zero-order chi connectivity index (χ0) is 22.7. The minimum absolute atomic E-state index is 0.181. The van der Waals surface area contributed by atoms with Crippen molar-refractivity contribution in [1.29, 1.82) is 0 Å². The topological polar surface area (TPSA) is 61.4 Å². The second kappa shape index (κ2) is 9.48. The molecule has 1 atom stereocenters. The van der Waals surface area contributed by atoms with Crippen molar-refractivity contribution >= 4 is 33.8 Å². The van der Waals surface area contributed by atoms with Gasteiger partial charge in [0.2, 0.25) is 0 Å². The lowest BCUT2D eigenvalue weighted by Gasteiger charge is -2.18. The summed E-state index contributed by atoms with van der Waals surface area (Å²) in [6.07, 6.45) is 0.940. The molecule has 1 fully saturated rings. The van der Waals surface area contributed by atoms with Crippen LogP contribution in [0.25, 0.3) is 0 Å². The summed E-state index contributed by atoms with van der Waals surface area (Å²) in [6, 6.07) is 13.6. The molecule has 8 heteroatoms. The van der Waals surface area contributed by atoms with Crippen molar-refractivity contribution in [3.05, 3.63) is 82.2 Å². The van der Waals surface area contributed by atoms with Gasteiger partial charge in [-0.3, -0.25) is 9.59 Å². The Morgan fingerprint density at radius 2 is 1.84 bits per heavy atom. The Bertz CT molecular complexity index is 1130. The second-order valence-electron chi connectivity index (χ2n) is 7.87. The lowest BCUT2D eigenvalue weighted by Crippen LogP contribution is -2.30. The van der Waals surface area contributed by atoms with Crippen LogP contribution in [0.3, 0.4) is 0 Å². The van der Waals surface area contributed by atoms with Crippen LogP contribution in [0.2, 0.25) is 0 Å². The molecule has 0 aliphatic carbocycles. The third kappa shape index (κ3) is 5.13. The molecule has 2 N–H and O–H groups in total. The number of carbonyl (C=O) groups excluding carboxylic acids is 2. The molecule has 1 unspecified atom stereocenters. The van der Waals surface area contributed by atoms with E-state index in [1.54, 1.807) is 18.2 Å². The first-order chi connectivity index (χ1) is 15.4.